The number of hydrogen-bond donors (Lipinski definition) is 1. The van der Waals surface area contributed by atoms with Gasteiger partial charge in [0.2, 0.25) is 0 Å². The number of para-hydroxylation sites is 1. The van der Waals surface area contributed by atoms with E-state index in [2.05, 4.69) is 5.32 Å². The molecule has 1 amide bonds. The maximum absolute atomic E-state index is 12.4. The van der Waals surface area contributed by atoms with E-state index < -0.39 is 6.10 Å². The van der Waals surface area contributed by atoms with Crippen LogP contribution in [0.1, 0.15) is 31.9 Å². The number of carbonyl (C=O) groups is 1. The van der Waals surface area contributed by atoms with Gasteiger partial charge in [-0.2, -0.15) is 0 Å². The molecule has 23 heavy (non-hydrogen) atoms. The molecule has 4 heteroatoms. The molecule has 0 saturated heterocycles. The quantitative estimate of drug-likeness (QED) is 0.847. The highest BCUT2D eigenvalue weighted by atomic mass is 16.5. The summed E-state index contributed by atoms with van der Waals surface area (Å²) in [6.07, 6.45) is 0.105. The summed E-state index contributed by atoms with van der Waals surface area (Å²) in [6.45, 7) is 3.89. The fourth-order valence-electron chi connectivity index (χ4n) is 2.27. The van der Waals surface area contributed by atoms with Crippen LogP contribution in [0.2, 0.25) is 0 Å². The van der Waals surface area contributed by atoms with E-state index in [4.69, 9.17) is 9.47 Å². The summed E-state index contributed by atoms with van der Waals surface area (Å²) in [6, 6.07) is 17.0. The summed E-state index contributed by atoms with van der Waals surface area (Å²) in [5, 5.41) is 3.00. The number of ether oxygens (including phenoxy) is 2. The lowest BCUT2D eigenvalue weighted by molar-refractivity contribution is -0.128. The van der Waals surface area contributed by atoms with Gasteiger partial charge in [-0.1, -0.05) is 37.3 Å². The second-order valence-corrected chi connectivity index (χ2v) is 5.33. The van der Waals surface area contributed by atoms with Crippen LogP contribution in [0.3, 0.4) is 0 Å². The predicted molar refractivity (Wildman–Crippen MR) is 90.7 cm³/mol. The highest BCUT2D eigenvalue weighted by molar-refractivity contribution is 5.81. The van der Waals surface area contributed by atoms with Crippen molar-refractivity contribution in [3.63, 3.8) is 0 Å². The van der Waals surface area contributed by atoms with Crippen molar-refractivity contribution in [2.24, 2.45) is 0 Å². The Hall–Kier alpha value is -2.49. The average molecular weight is 313 g/mol. The lowest BCUT2D eigenvalue weighted by Gasteiger charge is -2.21. The van der Waals surface area contributed by atoms with Crippen LogP contribution in [-0.2, 0) is 4.79 Å². The molecule has 2 atom stereocenters. The van der Waals surface area contributed by atoms with Crippen LogP contribution >= 0.6 is 0 Å². The van der Waals surface area contributed by atoms with Crippen molar-refractivity contribution in [1.82, 2.24) is 5.32 Å². The van der Waals surface area contributed by atoms with E-state index in [9.17, 15) is 4.79 Å². The van der Waals surface area contributed by atoms with Crippen LogP contribution in [-0.4, -0.2) is 19.1 Å². The molecule has 0 spiro atoms. The zero-order chi connectivity index (χ0) is 16.7. The minimum absolute atomic E-state index is 0.0955. The molecule has 2 unspecified atom stereocenters. The monoisotopic (exact) mass is 313 g/mol. The van der Waals surface area contributed by atoms with Crippen molar-refractivity contribution in [1.29, 1.82) is 0 Å². The van der Waals surface area contributed by atoms with Crippen molar-refractivity contribution in [3.8, 4) is 11.5 Å². The zero-order valence-electron chi connectivity index (χ0n) is 13.8. The Bertz CT molecular complexity index is 610. The molecule has 0 aliphatic carbocycles. The average Bonchev–Trinajstić information content (AvgIpc) is 2.60. The van der Waals surface area contributed by atoms with E-state index in [1.807, 2.05) is 68.4 Å². The Morgan fingerprint density at radius 1 is 1.04 bits per heavy atom. The molecular formula is C19H23NO3. The number of methoxy groups -OCH3 is 1. The van der Waals surface area contributed by atoms with Crippen LogP contribution in [0.4, 0.5) is 0 Å². The van der Waals surface area contributed by atoms with Crippen molar-refractivity contribution >= 4 is 5.91 Å². The molecule has 0 saturated carbocycles. The first-order valence-electron chi connectivity index (χ1n) is 7.80. The lowest BCUT2D eigenvalue weighted by Crippen LogP contribution is -2.39. The molecule has 2 rings (SSSR count). The number of rotatable bonds is 7. The van der Waals surface area contributed by atoms with Gasteiger partial charge in [0.05, 0.1) is 13.2 Å². The molecule has 1 N–H and O–H groups in total. The molecule has 0 aromatic heterocycles. The maximum atomic E-state index is 12.4. The van der Waals surface area contributed by atoms with Gasteiger partial charge in [-0.25, -0.2) is 0 Å². The first-order valence-corrected chi connectivity index (χ1v) is 7.80. The third-order valence-corrected chi connectivity index (χ3v) is 3.66. The minimum Gasteiger partial charge on any atom is -0.497 e. The van der Waals surface area contributed by atoms with E-state index in [1.54, 1.807) is 7.11 Å². The van der Waals surface area contributed by atoms with E-state index in [-0.39, 0.29) is 11.9 Å². The van der Waals surface area contributed by atoms with Gasteiger partial charge in [0.15, 0.2) is 6.10 Å². The Morgan fingerprint density at radius 2 is 1.70 bits per heavy atom. The Morgan fingerprint density at radius 3 is 2.26 bits per heavy atom. The summed E-state index contributed by atoms with van der Waals surface area (Å²) >= 11 is 0. The third-order valence-electron chi connectivity index (χ3n) is 3.66. The van der Waals surface area contributed by atoms with Crippen molar-refractivity contribution in [2.75, 3.05) is 7.11 Å². The molecule has 2 aromatic rings. The van der Waals surface area contributed by atoms with Crippen molar-refractivity contribution < 1.29 is 14.3 Å². The fraction of sp³-hybridized carbons (Fsp3) is 0.316. The van der Waals surface area contributed by atoms with Gasteiger partial charge in [-0.3, -0.25) is 4.79 Å². The van der Waals surface area contributed by atoms with Crippen LogP contribution in [0.5, 0.6) is 11.5 Å². The van der Waals surface area contributed by atoms with Crippen molar-refractivity contribution in [3.05, 3.63) is 60.2 Å². The van der Waals surface area contributed by atoms with Crippen molar-refractivity contribution in [2.45, 2.75) is 32.4 Å². The third kappa shape index (κ3) is 4.74. The number of benzene rings is 2. The van der Waals surface area contributed by atoms with E-state index in [0.717, 1.165) is 11.3 Å². The molecule has 0 fully saturated rings. The topological polar surface area (TPSA) is 47.6 Å². The Balaban J connectivity index is 1.97. The normalized spacial score (nSPS) is 13.0. The first-order chi connectivity index (χ1) is 11.1. The highest BCUT2D eigenvalue weighted by Crippen LogP contribution is 2.18. The summed E-state index contributed by atoms with van der Waals surface area (Å²) in [7, 11) is 1.63. The summed E-state index contributed by atoms with van der Waals surface area (Å²) in [4.78, 5) is 12.4. The molecule has 0 bridgehead atoms. The number of nitrogens with one attached hydrogen (secondary N) is 1. The highest BCUT2D eigenvalue weighted by Gasteiger charge is 2.20. The second kappa shape index (κ2) is 8.22. The second-order valence-electron chi connectivity index (χ2n) is 5.33. The van der Waals surface area contributed by atoms with E-state index in [0.29, 0.717) is 12.2 Å². The predicted octanol–water partition coefficient (Wildman–Crippen LogP) is 3.73. The first kappa shape index (κ1) is 16.9. The SMILES string of the molecule is CCC(Oc1ccccc1)C(=O)NC(C)c1ccc(OC)cc1. The minimum atomic E-state index is -0.502. The Kier molecular flexibility index (Phi) is 6.03. The molecule has 4 nitrogen and oxygen atoms in total. The number of carbonyl (C=O) groups excluding carboxylic acids is 1. The summed E-state index contributed by atoms with van der Waals surface area (Å²) < 4.78 is 10.9. The van der Waals surface area contributed by atoms with Crippen LogP contribution < -0.4 is 14.8 Å². The standard InChI is InChI=1S/C19H23NO3/c1-4-18(23-17-8-6-5-7-9-17)19(21)20-14(2)15-10-12-16(22-3)13-11-15/h5-14,18H,4H2,1-3H3,(H,20,21). The van der Waals surface area contributed by atoms with Crippen LogP contribution in [0.25, 0.3) is 0 Å². The number of amides is 1. The molecule has 0 aliphatic heterocycles. The van der Waals surface area contributed by atoms with Gasteiger partial charge in [-0.05, 0) is 43.2 Å². The molecule has 2 aromatic carbocycles. The molecule has 0 radical (unpaired) electrons. The molecule has 0 aliphatic rings. The van der Waals surface area contributed by atoms with Gasteiger partial charge >= 0.3 is 0 Å². The summed E-state index contributed by atoms with van der Waals surface area (Å²) in [5.74, 6) is 1.39. The van der Waals surface area contributed by atoms with E-state index >= 15 is 0 Å². The van der Waals surface area contributed by atoms with Crippen LogP contribution in [0.15, 0.2) is 54.6 Å². The zero-order valence-corrected chi connectivity index (χ0v) is 13.8. The van der Waals surface area contributed by atoms with Gasteiger partial charge in [-0.15, -0.1) is 0 Å². The van der Waals surface area contributed by atoms with Crippen LogP contribution in [0, 0.1) is 0 Å². The van der Waals surface area contributed by atoms with Gasteiger partial charge in [0.1, 0.15) is 11.5 Å². The fourth-order valence-corrected chi connectivity index (χ4v) is 2.27. The van der Waals surface area contributed by atoms with E-state index in [1.165, 1.54) is 0 Å². The lowest BCUT2D eigenvalue weighted by atomic mass is 10.1. The van der Waals surface area contributed by atoms with Gasteiger partial charge in [0, 0.05) is 0 Å². The molecule has 122 valence electrons. The smallest absolute Gasteiger partial charge is 0.261 e. The summed E-state index contributed by atoms with van der Waals surface area (Å²) in [5.41, 5.74) is 1.02. The molecular weight excluding hydrogens is 290 g/mol. The molecule has 0 heterocycles. The maximum Gasteiger partial charge on any atom is 0.261 e. The van der Waals surface area contributed by atoms with Gasteiger partial charge < -0.3 is 14.8 Å². The number of hydrogen-bond acceptors (Lipinski definition) is 3. The van der Waals surface area contributed by atoms with Gasteiger partial charge in [0.25, 0.3) is 5.91 Å². The Labute approximate surface area is 137 Å². The largest absolute Gasteiger partial charge is 0.497 e.